The van der Waals surface area contributed by atoms with E-state index in [0.717, 1.165) is 12.8 Å². The molecule has 2 rings (SSSR count). The summed E-state index contributed by atoms with van der Waals surface area (Å²) in [5.41, 5.74) is 4.61. The van der Waals surface area contributed by atoms with Crippen LogP contribution in [0.25, 0.3) is 0 Å². The molecule has 19 heavy (non-hydrogen) atoms. The Bertz CT molecular complexity index is 398. The average Bonchev–Trinajstić information content (AvgIpc) is 3.22. The first-order chi connectivity index (χ1) is 9.04. The maximum atomic E-state index is 5.82. The molecule has 1 aromatic carbocycles. The second-order valence-electron chi connectivity index (χ2n) is 6.24. The van der Waals surface area contributed by atoms with E-state index in [1.54, 1.807) is 7.11 Å². The van der Waals surface area contributed by atoms with Crippen molar-refractivity contribution >= 4 is 0 Å². The van der Waals surface area contributed by atoms with Crippen LogP contribution in [0.5, 0.6) is 0 Å². The van der Waals surface area contributed by atoms with E-state index in [1.807, 2.05) is 0 Å². The fourth-order valence-electron chi connectivity index (χ4n) is 2.86. The number of nitrogens with two attached hydrogens (primary N) is 1. The van der Waals surface area contributed by atoms with Gasteiger partial charge in [0.1, 0.15) is 0 Å². The number of benzene rings is 1. The molecule has 1 aliphatic carbocycles. The lowest BCUT2D eigenvalue weighted by Crippen LogP contribution is -2.45. The standard InChI is InChI=1S/C16H26N2O/c1-15(2,19-3)10-9-14(18-17)16(11-12-16)13-7-5-4-6-8-13/h4-8,14,18H,9-12,17H2,1-3H3. The highest BCUT2D eigenvalue weighted by Crippen LogP contribution is 2.52. The number of hydrogen-bond acceptors (Lipinski definition) is 3. The molecule has 0 spiro atoms. The molecule has 3 N–H and O–H groups in total. The third kappa shape index (κ3) is 3.16. The van der Waals surface area contributed by atoms with Crippen LogP contribution in [0.4, 0.5) is 0 Å². The number of ether oxygens (including phenoxy) is 1. The molecular formula is C16H26N2O. The maximum Gasteiger partial charge on any atom is 0.0623 e. The first-order valence-electron chi connectivity index (χ1n) is 7.11. The van der Waals surface area contributed by atoms with Crippen LogP contribution in [0.3, 0.4) is 0 Å². The Labute approximate surface area is 116 Å². The quantitative estimate of drug-likeness (QED) is 0.587. The zero-order valence-electron chi connectivity index (χ0n) is 12.3. The largest absolute Gasteiger partial charge is 0.379 e. The van der Waals surface area contributed by atoms with Gasteiger partial charge in [-0.05, 0) is 45.1 Å². The van der Waals surface area contributed by atoms with Gasteiger partial charge in [0.2, 0.25) is 0 Å². The fourth-order valence-corrected chi connectivity index (χ4v) is 2.86. The first kappa shape index (κ1) is 14.5. The molecule has 0 amide bonds. The van der Waals surface area contributed by atoms with E-state index in [0.29, 0.717) is 6.04 Å². The molecule has 0 aliphatic heterocycles. The minimum atomic E-state index is -0.0815. The molecule has 0 radical (unpaired) electrons. The van der Waals surface area contributed by atoms with Crippen molar-refractivity contribution in [1.29, 1.82) is 0 Å². The van der Waals surface area contributed by atoms with Crippen molar-refractivity contribution in [2.45, 2.75) is 56.6 Å². The van der Waals surface area contributed by atoms with Crippen LogP contribution in [0.1, 0.15) is 45.1 Å². The van der Waals surface area contributed by atoms with Crippen LogP contribution in [0.2, 0.25) is 0 Å². The van der Waals surface area contributed by atoms with Crippen LogP contribution in [0, 0.1) is 0 Å². The topological polar surface area (TPSA) is 47.3 Å². The second kappa shape index (κ2) is 5.61. The first-order valence-corrected chi connectivity index (χ1v) is 7.11. The van der Waals surface area contributed by atoms with Crippen LogP contribution in [0.15, 0.2) is 30.3 Å². The molecule has 0 saturated heterocycles. The van der Waals surface area contributed by atoms with Gasteiger partial charge in [0.05, 0.1) is 5.60 Å². The van der Waals surface area contributed by atoms with E-state index in [2.05, 4.69) is 49.6 Å². The third-order valence-electron chi connectivity index (χ3n) is 4.59. The van der Waals surface area contributed by atoms with E-state index in [4.69, 9.17) is 10.6 Å². The lowest BCUT2D eigenvalue weighted by atomic mass is 9.84. The highest BCUT2D eigenvalue weighted by Gasteiger charge is 2.50. The Morgan fingerprint density at radius 3 is 2.42 bits per heavy atom. The van der Waals surface area contributed by atoms with Crippen molar-refractivity contribution < 1.29 is 4.74 Å². The highest BCUT2D eigenvalue weighted by molar-refractivity contribution is 5.33. The Morgan fingerprint density at radius 1 is 1.32 bits per heavy atom. The Balaban J connectivity index is 2.06. The minimum Gasteiger partial charge on any atom is -0.379 e. The van der Waals surface area contributed by atoms with Gasteiger partial charge in [0, 0.05) is 18.6 Å². The Morgan fingerprint density at radius 2 is 1.95 bits per heavy atom. The molecule has 0 heterocycles. The van der Waals surface area contributed by atoms with Gasteiger partial charge in [0.25, 0.3) is 0 Å². The van der Waals surface area contributed by atoms with Crippen molar-refractivity contribution in [2.75, 3.05) is 7.11 Å². The molecular weight excluding hydrogens is 236 g/mol. The lowest BCUT2D eigenvalue weighted by molar-refractivity contribution is 0.0107. The molecule has 1 atom stereocenters. The van der Waals surface area contributed by atoms with E-state index >= 15 is 0 Å². The molecule has 1 fully saturated rings. The van der Waals surface area contributed by atoms with E-state index in [9.17, 15) is 0 Å². The number of nitrogens with one attached hydrogen (secondary N) is 1. The third-order valence-corrected chi connectivity index (χ3v) is 4.59. The number of methoxy groups -OCH3 is 1. The Kier molecular flexibility index (Phi) is 4.29. The summed E-state index contributed by atoms with van der Waals surface area (Å²) < 4.78 is 5.50. The van der Waals surface area contributed by atoms with Crippen molar-refractivity contribution in [2.24, 2.45) is 5.84 Å². The van der Waals surface area contributed by atoms with Gasteiger partial charge in [-0.15, -0.1) is 0 Å². The number of rotatable bonds is 7. The van der Waals surface area contributed by atoms with E-state index < -0.39 is 0 Å². The van der Waals surface area contributed by atoms with Crippen molar-refractivity contribution in [3.8, 4) is 0 Å². The highest BCUT2D eigenvalue weighted by atomic mass is 16.5. The normalized spacial score (nSPS) is 19.2. The van der Waals surface area contributed by atoms with Crippen LogP contribution < -0.4 is 11.3 Å². The summed E-state index contributed by atoms with van der Waals surface area (Å²) in [7, 11) is 1.77. The molecule has 0 aromatic heterocycles. The molecule has 3 nitrogen and oxygen atoms in total. The van der Waals surface area contributed by atoms with Crippen LogP contribution in [-0.4, -0.2) is 18.8 Å². The van der Waals surface area contributed by atoms with Crippen molar-refractivity contribution in [3.05, 3.63) is 35.9 Å². The summed E-state index contributed by atoms with van der Waals surface area (Å²) in [6, 6.07) is 11.1. The zero-order valence-corrected chi connectivity index (χ0v) is 12.3. The van der Waals surface area contributed by atoms with Crippen molar-refractivity contribution in [1.82, 2.24) is 5.43 Å². The lowest BCUT2D eigenvalue weighted by Gasteiger charge is -2.30. The molecule has 106 valence electrons. The van der Waals surface area contributed by atoms with Gasteiger partial charge in [-0.1, -0.05) is 30.3 Å². The van der Waals surface area contributed by atoms with Crippen LogP contribution >= 0.6 is 0 Å². The second-order valence-corrected chi connectivity index (χ2v) is 6.24. The predicted molar refractivity (Wildman–Crippen MR) is 78.8 cm³/mol. The van der Waals surface area contributed by atoms with E-state index in [-0.39, 0.29) is 11.0 Å². The zero-order chi connectivity index (χ0) is 13.9. The summed E-state index contributed by atoms with van der Waals surface area (Å²) in [5, 5.41) is 0. The summed E-state index contributed by atoms with van der Waals surface area (Å²) >= 11 is 0. The maximum absolute atomic E-state index is 5.82. The van der Waals surface area contributed by atoms with Crippen LogP contribution in [-0.2, 0) is 10.2 Å². The minimum absolute atomic E-state index is 0.0815. The molecule has 0 bridgehead atoms. The summed E-state index contributed by atoms with van der Waals surface area (Å²) in [6.07, 6.45) is 4.48. The predicted octanol–water partition coefficient (Wildman–Crippen LogP) is 2.76. The van der Waals surface area contributed by atoms with Gasteiger partial charge < -0.3 is 4.74 Å². The molecule has 1 saturated carbocycles. The summed E-state index contributed by atoms with van der Waals surface area (Å²) in [6.45, 7) is 4.26. The fraction of sp³-hybridized carbons (Fsp3) is 0.625. The number of hydrazine groups is 1. The van der Waals surface area contributed by atoms with E-state index in [1.165, 1.54) is 18.4 Å². The van der Waals surface area contributed by atoms with Crippen molar-refractivity contribution in [3.63, 3.8) is 0 Å². The number of hydrogen-bond donors (Lipinski definition) is 2. The Hall–Kier alpha value is -0.900. The van der Waals surface area contributed by atoms with Gasteiger partial charge in [-0.3, -0.25) is 11.3 Å². The summed E-state index contributed by atoms with van der Waals surface area (Å²) in [5.74, 6) is 5.82. The van der Waals surface area contributed by atoms with Gasteiger partial charge >= 0.3 is 0 Å². The average molecular weight is 262 g/mol. The molecule has 1 unspecified atom stereocenters. The smallest absolute Gasteiger partial charge is 0.0623 e. The monoisotopic (exact) mass is 262 g/mol. The van der Waals surface area contributed by atoms with Gasteiger partial charge in [-0.2, -0.15) is 0 Å². The van der Waals surface area contributed by atoms with Gasteiger partial charge in [-0.25, -0.2) is 0 Å². The summed E-state index contributed by atoms with van der Waals surface area (Å²) in [4.78, 5) is 0. The molecule has 3 heteroatoms. The molecule has 1 aromatic rings. The molecule has 1 aliphatic rings. The van der Waals surface area contributed by atoms with Gasteiger partial charge in [0.15, 0.2) is 0 Å². The SMILES string of the molecule is COC(C)(C)CCC(NN)C1(c2ccccc2)CC1.